The summed E-state index contributed by atoms with van der Waals surface area (Å²) in [6, 6.07) is 17.6. The molecule has 0 spiro atoms. The number of hydrogen-bond donors (Lipinski definition) is 0. The van der Waals surface area contributed by atoms with Crippen LogP contribution in [0.4, 0.5) is 8.78 Å². The van der Waals surface area contributed by atoms with Crippen LogP contribution in [0.15, 0.2) is 83.9 Å². The van der Waals surface area contributed by atoms with E-state index < -0.39 is 40.7 Å². The summed E-state index contributed by atoms with van der Waals surface area (Å²) in [5.74, 6) is -2.09. The highest BCUT2D eigenvalue weighted by atomic mass is 32.2. The first kappa shape index (κ1) is 31.0. The lowest BCUT2D eigenvalue weighted by Crippen LogP contribution is -2.49. The first-order chi connectivity index (χ1) is 20.0. The molecular weight excluding hydrogens is 572 g/mol. The van der Waals surface area contributed by atoms with Crippen molar-refractivity contribution in [2.75, 3.05) is 33.8 Å². The maximum Gasteiger partial charge on any atom is 0.346 e. The predicted molar refractivity (Wildman–Crippen MR) is 147 cm³/mol. The maximum absolute atomic E-state index is 13.8. The van der Waals surface area contributed by atoms with Crippen molar-refractivity contribution >= 4 is 21.9 Å². The second kappa shape index (κ2) is 12.9. The molecule has 224 valence electrons. The zero-order valence-corrected chi connectivity index (χ0v) is 23.9. The summed E-state index contributed by atoms with van der Waals surface area (Å²) >= 11 is 0. The monoisotopic (exact) mass is 603 g/mol. The van der Waals surface area contributed by atoms with Gasteiger partial charge >= 0.3 is 12.6 Å². The van der Waals surface area contributed by atoms with Gasteiger partial charge in [-0.1, -0.05) is 36.4 Å². The van der Waals surface area contributed by atoms with Gasteiger partial charge in [-0.05, 0) is 42.7 Å². The lowest BCUT2D eigenvalue weighted by molar-refractivity contribution is -0.623. The molecular formula is C29H31F2N3O7S. The SMILES string of the molecule is CN(C)C(=O)c1cccc(S(=O)(=O)N2CCCC(C(=O)OCC(OC(F)F)(c3ccccc3)c3cccc[n+]3[O-])C2)c1. The summed E-state index contributed by atoms with van der Waals surface area (Å²) in [5.41, 5.74) is -2.01. The molecule has 2 unspecified atom stereocenters. The first-order valence-corrected chi connectivity index (χ1v) is 14.6. The standard InChI is InChI=1S/C29H31F2N3O7S/c1-32(2)26(35)21-10-8-14-24(18-21)42(38,39)33-16-9-11-22(19-33)27(36)40-20-29(41-28(30)31,23-12-4-3-5-13-23)25-15-6-7-17-34(25)37/h3-8,10,12-15,17-18,22,28H,9,11,16,19-20H2,1-2H3. The molecule has 0 bridgehead atoms. The second-order valence-electron chi connectivity index (χ2n) is 10.0. The number of rotatable bonds is 10. The van der Waals surface area contributed by atoms with Crippen LogP contribution < -0.4 is 4.73 Å². The van der Waals surface area contributed by atoms with Crippen molar-refractivity contribution in [1.29, 1.82) is 0 Å². The van der Waals surface area contributed by atoms with Crippen molar-refractivity contribution in [3.05, 3.63) is 101 Å². The van der Waals surface area contributed by atoms with E-state index in [1.807, 2.05) is 0 Å². The zero-order chi connectivity index (χ0) is 30.5. The van der Waals surface area contributed by atoms with E-state index in [4.69, 9.17) is 9.47 Å². The van der Waals surface area contributed by atoms with Gasteiger partial charge in [0.2, 0.25) is 21.3 Å². The minimum absolute atomic E-state index is 0.0956. The highest BCUT2D eigenvalue weighted by molar-refractivity contribution is 7.89. The van der Waals surface area contributed by atoms with Gasteiger partial charge in [-0.3, -0.25) is 14.3 Å². The van der Waals surface area contributed by atoms with Crippen molar-refractivity contribution in [2.24, 2.45) is 5.92 Å². The number of pyridine rings is 1. The highest BCUT2D eigenvalue weighted by Crippen LogP contribution is 2.35. The Balaban J connectivity index is 1.58. The topological polar surface area (TPSA) is 120 Å². The Kier molecular flexibility index (Phi) is 9.54. The number of esters is 1. The molecule has 0 aliphatic carbocycles. The summed E-state index contributed by atoms with van der Waals surface area (Å²) in [7, 11) is -0.969. The molecule has 1 amide bonds. The Bertz CT molecular complexity index is 1520. The van der Waals surface area contributed by atoms with E-state index in [0.717, 1.165) is 10.5 Å². The van der Waals surface area contributed by atoms with Gasteiger partial charge < -0.3 is 14.8 Å². The van der Waals surface area contributed by atoms with E-state index in [1.165, 1.54) is 59.5 Å². The normalized spacial score (nSPS) is 17.4. The van der Waals surface area contributed by atoms with Gasteiger partial charge in [-0.2, -0.15) is 17.8 Å². The minimum Gasteiger partial charge on any atom is -0.618 e. The number of ether oxygens (including phenoxy) is 2. The molecule has 0 saturated carbocycles. The van der Waals surface area contributed by atoms with E-state index in [-0.39, 0.29) is 40.7 Å². The summed E-state index contributed by atoms with van der Waals surface area (Å²) < 4.78 is 66.6. The van der Waals surface area contributed by atoms with Crippen LogP contribution in [0.25, 0.3) is 0 Å². The number of sulfonamides is 1. The van der Waals surface area contributed by atoms with Crippen LogP contribution in [-0.4, -0.2) is 69.9 Å². The third-order valence-electron chi connectivity index (χ3n) is 7.03. The number of carbonyl (C=O) groups excluding carboxylic acids is 2. The van der Waals surface area contributed by atoms with Gasteiger partial charge in [-0.25, -0.2) is 8.42 Å². The van der Waals surface area contributed by atoms with Crippen LogP contribution in [0.1, 0.15) is 34.5 Å². The number of amides is 1. The summed E-state index contributed by atoms with van der Waals surface area (Å²) in [6.07, 6.45) is 1.76. The molecule has 13 heteroatoms. The smallest absolute Gasteiger partial charge is 0.346 e. The molecule has 42 heavy (non-hydrogen) atoms. The highest BCUT2D eigenvalue weighted by Gasteiger charge is 2.47. The van der Waals surface area contributed by atoms with Crippen LogP contribution in [0.5, 0.6) is 0 Å². The molecule has 1 aromatic heterocycles. The average Bonchev–Trinajstić information content (AvgIpc) is 2.99. The molecule has 0 radical (unpaired) electrons. The molecule has 1 aliphatic heterocycles. The van der Waals surface area contributed by atoms with Crippen molar-refractivity contribution < 1.29 is 41.0 Å². The molecule has 2 aromatic carbocycles. The van der Waals surface area contributed by atoms with Crippen LogP contribution >= 0.6 is 0 Å². The molecule has 4 rings (SSSR count). The molecule has 1 fully saturated rings. The fourth-order valence-electron chi connectivity index (χ4n) is 4.91. The van der Waals surface area contributed by atoms with Gasteiger partial charge in [0.05, 0.1) is 10.8 Å². The first-order valence-electron chi connectivity index (χ1n) is 13.1. The molecule has 1 saturated heterocycles. The fourth-order valence-corrected chi connectivity index (χ4v) is 6.48. The molecule has 0 N–H and O–H groups in total. The Morgan fingerprint density at radius 1 is 1.10 bits per heavy atom. The van der Waals surface area contributed by atoms with Crippen LogP contribution in [0.3, 0.4) is 0 Å². The number of aromatic nitrogens is 1. The van der Waals surface area contributed by atoms with E-state index in [2.05, 4.69) is 0 Å². The maximum atomic E-state index is 13.8. The van der Waals surface area contributed by atoms with E-state index >= 15 is 0 Å². The Morgan fingerprint density at radius 3 is 2.48 bits per heavy atom. The van der Waals surface area contributed by atoms with Crippen LogP contribution in [0.2, 0.25) is 0 Å². The van der Waals surface area contributed by atoms with Gasteiger partial charge in [0.1, 0.15) is 6.61 Å². The summed E-state index contributed by atoms with van der Waals surface area (Å²) in [6.45, 7) is -4.16. The minimum atomic E-state index is -4.07. The van der Waals surface area contributed by atoms with Gasteiger partial charge in [0.25, 0.3) is 5.91 Å². The van der Waals surface area contributed by atoms with Gasteiger partial charge in [0.15, 0.2) is 6.20 Å². The van der Waals surface area contributed by atoms with Gasteiger partial charge in [-0.15, -0.1) is 0 Å². The third-order valence-corrected chi connectivity index (χ3v) is 8.89. The van der Waals surface area contributed by atoms with Crippen LogP contribution in [-0.2, 0) is 29.9 Å². The van der Waals surface area contributed by atoms with E-state index in [1.54, 1.807) is 32.3 Å². The Morgan fingerprint density at radius 2 is 1.81 bits per heavy atom. The average molecular weight is 604 g/mol. The second-order valence-corrected chi connectivity index (χ2v) is 12.0. The summed E-state index contributed by atoms with van der Waals surface area (Å²) in [5, 5.41) is 12.7. The number of hydrogen-bond acceptors (Lipinski definition) is 7. The van der Waals surface area contributed by atoms with Crippen LogP contribution in [0, 0.1) is 11.1 Å². The molecule has 3 aromatic rings. The van der Waals surface area contributed by atoms with E-state index in [0.29, 0.717) is 17.6 Å². The number of benzene rings is 2. The van der Waals surface area contributed by atoms with Crippen molar-refractivity contribution in [3.8, 4) is 0 Å². The lowest BCUT2D eigenvalue weighted by atomic mass is 9.90. The molecule has 10 nitrogen and oxygen atoms in total. The third kappa shape index (κ3) is 6.58. The number of nitrogens with zero attached hydrogens (tertiary/aromatic N) is 3. The largest absolute Gasteiger partial charge is 0.618 e. The predicted octanol–water partition coefficient (Wildman–Crippen LogP) is 3.15. The molecule has 1 aliphatic rings. The lowest BCUT2D eigenvalue weighted by Gasteiger charge is -2.33. The number of piperidine rings is 1. The van der Waals surface area contributed by atoms with Crippen molar-refractivity contribution in [3.63, 3.8) is 0 Å². The van der Waals surface area contributed by atoms with Crippen molar-refractivity contribution in [2.45, 2.75) is 29.9 Å². The number of alkyl halides is 2. The number of carbonyl (C=O) groups is 2. The molecule has 2 atom stereocenters. The fraction of sp³-hybridized carbons (Fsp3) is 0.345. The summed E-state index contributed by atoms with van der Waals surface area (Å²) in [4.78, 5) is 26.9. The molecule has 2 heterocycles. The Labute approximate surface area is 242 Å². The number of halogens is 2. The van der Waals surface area contributed by atoms with Crippen molar-refractivity contribution in [1.82, 2.24) is 9.21 Å². The quantitative estimate of drug-likeness (QED) is 0.198. The Hall–Kier alpha value is -3.94. The zero-order valence-electron chi connectivity index (χ0n) is 23.1. The van der Waals surface area contributed by atoms with E-state index in [9.17, 15) is 32.0 Å². The van der Waals surface area contributed by atoms with Gasteiger partial charge in [0, 0.05) is 44.9 Å².